The van der Waals surface area contributed by atoms with Crippen LogP contribution in [0.1, 0.15) is 20.8 Å². The monoisotopic (exact) mass is 182 g/mol. The molecule has 0 aliphatic heterocycles. The quantitative estimate of drug-likeness (QED) is 0.362. The molecule has 0 bridgehead atoms. The second-order valence-electron chi connectivity index (χ2n) is 3.89. The minimum absolute atomic E-state index is 0.0115. The van der Waals surface area contributed by atoms with Gasteiger partial charge in [-0.2, -0.15) is 0 Å². The summed E-state index contributed by atoms with van der Waals surface area (Å²) in [7, 11) is 0. The van der Waals surface area contributed by atoms with E-state index in [0.29, 0.717) is 13.1 Å². The Hall–Kier alpha value is -1.38. The van der Waals surface area contributed by atoms with Crippen molar-refractivity contribution in [2.75, 3.05) is 13.1 Å². The smallest absolute Gasteiger partial charge is 0.0292 e. The van der Waals surface area contributed by atoms with Gasteiger partial charge in [0.15, 0.2) is 0 Å². The Labute approximate surface area is 77.2 Å². The van der Waals surface area contributed by atoms with E-state index in [1.54, 1.807) is 0 Å². The zero-order valence-corrected chi connectivity index (χ0v) is 8.17. The van der Waals surface area contributed by atoms with Gasteiger partial charge < -0.3 is 0 Å². The molecule has 0 saturated carbocycles. The highest BCUT2D eigenvalue weighted by Gasteiger charge is 2.22. The van der Waals surface area contributed by atoms with Gasteiger partial charge in [0.05, 0.1) is 0 Å². The van der Waals surface area contributed by atoms with Gasteiger partial charge in [-0.15, -0.1) is 0 Å². The van der Waals surface area contributed by atoms with Crippen molar-refractivity contribution in [1.82, 2.24) is 0 Å². The molecule has 0 aliphatic rings. The van der Waals surface area contributed by atoms with E-state index in [4.69, 9.17) is 11.1 Å². The van der Waals surface area contributed by atoms with E-state index in [0.717, 1.165) is 0 Å². The molecule has 0 aromatic rings. The molecule has 0 radical (unpaired) electrons. The zero-order valence-electron chi connectivity index (χ0n) is 8.17. The molecular weight excluding hydrogens is 168 g/mol. The van der Waals surface area contributed by atoms with Gasteiger partial charge in [0.2, 0.25) is 0 Å². The van der Waals surface area contributed by atoms with Gasteiger partial charge in [0.25, 0.3) is 0 Å². The Balaban J connectivity index is 4.35. The summed E-state index contributed by atoms with van der Waals surface area (Å²) in [5.74, 6) is 0.0966. The predicted octanol–water partition coefficient (Wildman–Crippen LogP) is 3.27. The highest BCUT2D eigenvalue weighted by molar-refractivity contribution is 4.78. The normalized spacial score (nSPS) is 12.5. The highest BCUT2D eigenvalue weighted by atomic mass is 15.1. The summed E-state index contributed by atoms with van der Waals surface area (Å²) in [6.45, 7) is 6.82. The molecule has 0 amide bonds. The first-order valence-electron chi connectivity index (χ1n) is 4.04. The maximum atomic E-state index is 8.16. The van der Waals surface area contributed by atoms with Crippen LogP contribution in [0.4, 0.5) is 0 Å². The van der Waals surface area contributed by atoms with Gasteiger partial charge in [-0.3, -0.25) is 0 Å². The summed E-state index contributed by atoms with van der Waals surface area (Å²) in [5, 5.41) is 6.98. The fraction of sp³-hybridized carbons (Fsp3) is 1.00. The van der Waals surface area contributed by atoms with Crippen molar-refractivity contribution in [1.29, 1.82) is 0 Å². The fourth-order valence-corrected chi connectivity index (χ4v) is 0.876. The molecule has 0 saturated heterocycles. The third-order valence-electron chi connectivity index (χ3n) is 1.96. The van der Waals surface area contributed by atoms with Crippen LogP contribution < -0.4 is 0 Å². The van der Waals surface area contributed by atoms with Crippen LogP contribution in [0, 0.1) is 11.3 Å². The summed E-state index contributed by atoms with van der Waals surface area (Å²) in [6.07, 6.45) is 0. The lowest BCUT2D eigenvalue weighted by Crippen LogP contribution is -2.25. The second kappa shape index (κ2) is 5.30. The predicted molar refractivity (Wildman–Crippen MR) is 51.0 cm³/mol. The molecule has 0 unspecified atom stereocenters. The van der Waals surface area contributed by atoms with E-state index in [2.05, 4.69) is 20.1 Å². The molecule has 0 atom stereocenters. The lowest BCUT2D eigenvalue weighted by Gasteiger charge is -2.27. The molecule has 13 heavy (non-hydrogen) atoms. The average molecular weight is 182 g/mol. The zero-order chi connectivity index (χ0) is 10.3. The van der Waals surface area contributed by atoms with Crippen molar-refractivity contribution < 1.29 is 0 Å². The fourth-order valence-electron chi connectivity index (χ4n) is 0.876. The Morgan fingerprint density at radius 2 is 1.46 bits per heavy atom. The molecule has 0 heterocycles. The maximum Gasteiger partial charge on any atom is 0.0292 e. The van der Waals surface area contributed by atoms with E-state index in [1.807, 2.05) is 20.8 Å². The van der Waals surface area contributed by atoms with Crippen molar-refractivity contribution in [3.63, 3.8) is 0 Å². The largest absolute Gasteiger partial charge is 0.0937 e. The first-order valence-corrected chi connectivity index (χ1v) is 4.04. The third-order valence-corrected chi connectivity index (χ3v) is 1.96. The van der Waals surface area contributed by atoms with Crippen LogP contribution in [0.5, 0.6) is 0 Å². The number of hydrogen-bond donors (Lipinski definition) is 0. The highest BCUT2D eigenvalue weighted by Crippen LogP contribution is 2.26. The van der Waals surface area contributed by atoms with Gasteiger partial charge >= 0.3 is 0 Å². The van der Waals surface area contributed by atoms with E-state index < -0.39 is 0 Å². The van der Waals surface area contributed by atoms with Crippen LogP contribution in [-0.2, 0) is 0 Å². The van der Waals surface area contributed by atoms with E-state index >= 15 is 0 Å². The number of hydrogen-bond acceptors (Lipinski definition) is 2. The van der Waals surface area contributed by atoms with Crippen LogP contribution in [0.3, 0.4) is 0 Å². The summed E-state index contributed by atoms with van der Waals surface area (Å²) < 4.78 is 0. The summed E-state index contributed by atoms with van der Waals surface area (Å²) in [5.41, 5.74) is 16.3. The van der Waals surface area contributed by atoms with E-state index in [1.165, 1.54) is 0 Å². The standard InChI is InChI=1S/C7H14N6/c1-7(2,3)6(4-10-12-8)5-11-13-9/h6H,4-5H2,1-3H3. The average Bonchev–Trinajstić information content (AvgIpc) is 2.02. The molecule has 0 aromatic heterocycles. The first-order chi connectivity index (χ1) is 6.02. The van der Waals surface area contributed by atoms with Gasteiger partial charge in [0.1, 0.15) is 0 Å². The van der Waals surface area contributed by atoms with Crippen molar-refractivity contribution in [2.45, 2.75) is 20.8 Å². The first kappa shape index (κ1) is 11.6. The van der Waals surface area contributed by atoms with Gasteiger partial charge in [-0.1, -0.05) is 31.0 Å². The lowest BCUT2D eigenvalue weighted by molar-refractivity contribution is 0.254. The summed E-state index contributed by atoms with van der Waals surface area (Å²) in [6, 6.07) is 0. The van der Waals surface area contributed by atoms with Crippen LogP contribution in [0.15, 0.2) is 10.2 Å². The molecule has 0 N–H and O–H groups in total. The van der Waals surface area contributed by atoms with Gasteiger partial charge in [-0.25, -0.2) is 0 Å². The van der Waals surface area contributed by atoms with Crippen LogP contribution in [-0.4, -0.2) is 13.1 Å². The Bertz CT molecular complexity index is 220. The Morgan fingerprint density at radius 1 is 1.08 bits per heavy atom. The Morgan fingerprint density at radius 3 is 1.69 bits per heavy atom. The third kappa shape index (κ3) is 4.95. The minimum Gasteiger partial charge on any atom is -0.0937 e. The van der Waals surface area contributed by atoms with E-state index in [-0.39, 0.29) is 11.3 Å². The molecule has 6 nitrogen and oxygen atoms in total. The molecule has 0 spiro atoms. The van der Waals surface area contributed by atoms with Gasteiger partial charge in [-0.05, 0) is 22.4 Å². The second-order valence-corrected chi connectivity index (χ2v) is 3.89. The van der Waals surface area contributed by atoms with Crippen molar-refractivity contribution >= 4 is 0 Å². The molecule has 0 fully saturated rings. The van der Waals surface area contributed by atoms with Gasteiger partial charge in [0, 0.05) is 22.9 Å². The SMILES string of the molecule is CC(C)(C)C(CN=[N+]=[N-])CN=[N+]=[N-]. The molecule has 0 aliphatic carbocycles. The minimum atomic E-state index is -0.0115. The lowest BCUT2D eigenvalue weighted by atomic mass is 9.81. The number of rotatable bonds is 4. The molecule has 6 heteroatoms. The van der Waals surface area contributed by atoms with Crippen molar-refractivity contribution in [3.8, 4) is 0 Å². The maximum absolute atomic E-state index is 8.16. The van der Waals surface area contributed by atoms with Crippen molar-refractivity contribution in [3.05, 3.63) is 20.9 Å². The van der Waals surface area contributed by atoms with E-state index in [9.17, 15) is 0 Å². The Kier molecular flexibility index (Phi) is 4.74. The molecular formula is C7H14N6. The van der Waals surface area contributed by atoms with Crippen molar-refractivity contribution in [2.24, 2.45) is 21.6 Å². The van der Waals surface area contributed by atoms with Crippen LogP contribution in [0.25, 0.3) is 20.9 Å². The molecule has 0 rings (SSSR count). The number of azide groups is 2. The van der Waals surface area contributed by atoms with Crippen LogP contribution >= 0.6 is 0 Å². The number of nitrogens with zero attached hydrogens (tertiary/aromatic N) is 6. The van der Waals surface area contributed by atoms with Crippen LogP contribution in [0.2, 0.25) is 0 Å². The summed E-state index contributed by atoms with van der Waals surface area (Å²) in [4.78, 5) is 5.37. The topological polar surface area (TPSA) is 97.5 Å². The summed E-state index contributed by atoms with van der Waals surface area (Å²) >= 11 is 0. The molecule has 0 aromatic carbocycles. The molecule has 72 valence electrons.